The van der Waals surface area contributed by atoms with Crippen molar-refractivity contribution < 1.29 is 9.72 Å². The van der Waals surface area contributed by atoms with E-state index in [9.17, 15) is 14.9 Å². The molecule has 0 N–H and O–H groups in total. The first-order chi connectivity index (χ1) is 7.65. The van der Waals surface area contributed by atoms with Gasteiger partial charge in [0.25, 0.3) is 5.69 Å². The molecule has 0 unspecified atom stereocenters. The first kappa shape index (κ1) is 11.3. The van der Waals surface area contributed by atoms with E-state index in [-0.39, 0.29) is 23.1 Å². The number of benzene rings is 1. The Balaban J connectivity index is 3.58. The van der Waals surface area contributed by atoms with E-state index in [2.05, 4.69) is 0 Å². The third kappa shape index (κ3) is 1.86. The van der Waals surface area contributed by atoms with Crippen LogP contribution in [0.3, 0.4) is 0 Å². The zero-order valence-corrected chi connectivity index (χ0v) is 8.01. The number of nitriles is 2. The summed E-state index contributed by atoms with van der Waals surface area (Å²) >= 11 is 0. The van der Waals surface area contributed by atoms with Crippen LogP contribution < -0.4 is 0 Å². The lowest BCUT2D eigenvalue weighted by Gasteiger charge is -2.02. The van der Waals surface area contributed by atoms with Crippen LogP contribution in [0.2, 0.25) is 0 Å². The molecule has 0 saturated carbocycles. The number of carbonyl (C=O) groups is 1. The standard InChI is InChI=1S/C10H5N3O3/c11-4-3-7-1-2-8(5-12)10(13(15)16)9(7)6-14/h1-2,6H,3H2. The highest BCUT2D eigenvalue weighted by Crippen LogP contribution is 2.25. The average Bonchev–Trinajstić information content (AvgIpc) is 2.28. The minimum Gasteiger partial charge on any atom is -0.298 e. The molecule has 6 heteroatoms. The van der Waals surface area contributed by atoms with Crippen LogP contribution in [0, 0.1) is 32.8 Å². The zero-order chi connectivity index (χ0) is 12.1. The zero-order valence-electron chi connectivity index (χ0n) is 8.01. The lowest BCUT2D eigenvalue weighted by Crippen LogP contribution is -2.02. The fourth-order valence-electron chi connectivity index (χ4n) is 1.31. The summed E-state index contributed by atoms with van der Waals surface area (Å²) in [5.74, 6) is 0. The third-order valence-corrected chi connectivity index (χ3v) is 2.00. The van der Waals surface area contributed by atoms with E-state index in [0.29, 0.717) is 6.29 Å². The number of nitrogens with zero attached hydrogens (tertiary/aromatic N) is 3. The van der Waals surface area contributed by atoms with Crippen LogP contribution >= 0.6 is 0 Å². The van der Waals surface area contributed by atoms with Gasteiger partial charge in [-0.15, -0.1) is 0 Å². The maximum Gasteiger partial charge on any atom is 0.297 e. The van der Waals surface area contributed by atoms with E-state index < -0.39 is 10.6 Å². The maximum atomic E-state index is 10.8. The van der Waals surface area contributed by atoms with Gasteiger partial charge in [0, 0.05) is 0 Å². The molecular weight excluding hydrogens is 210 g/mol. The van der Waals surface area contributed by atoms with Gasteiger partial charge in [0.05, 0.1) is 23.0 Å². The minimum absolute atomic E-state index is 0.110. The van der Waals surface area contributed by atoms with Crippen LogP contribution in [0.1, 0.15) is 21.5 Å². The van der Waals surface area contributed by atoms with Crippen molar-refractivity contribution in [1.82, 2.24) is 0 Å². The van der Waals surface area contributed by atoms with Crippen LogP contribution in [-0.4, -0.2) is 11.2 Å². The number of hydrogen-bond donors (Lipinski definition) is 0. The number of nitro groups is 1. The Morgan fingerprint density at radius 3 is 2.56 bits per heavy atom. The number of aldehydes is 1. The molecule has 1 aromatic carbocycles. The van der Waals surface area contributed by atoms with Crippen molar-refractivity contribution in [2.75, 3.05) is 0 Å². The Morgan fingerprint density at radius 1 is 1.44 bits per heavy atom. The molecule has 0 atom stereocenters. The number of carbonyl (C=O) groups excluding carboxylic acids is 1. The molecule has 0 spiro atoms. The van der Waals surface area contributed by atoms with E-state index in [1.165, 1.54) is 12.1 Å². The van der Waals surface area contributed by atoms with Crippen molar-refractivity contribution in [3.63, 3.8) is 0 Å². The molecule has 78 valence electrons. The Kier molecular flexibility index (Phi) is 3.31. The van der Waals surface area contributed by atoms with Gasteiger partial charge in [-0.25, -0.2) is 0 Å². The molecule has 0 radical (unpaired) electrons. The second-order valence-corrected chi connectivity index (χ2v) is 2.86. The van der Waals surface area contributed by atoms with Crippen LogP contribution in [0.15, 0.2) is 12.1 Å². The monoisotopic (exact) mass is 215 g/mol. The summed E-state index contributed by atoms with van der Waals surface area (Å²) < 4.78 is 0. The molecule has 0 saturated heterocycles. The minimum atomic E-state index is -0.789. The van der Waals surface area contributed by atoms with Crippen LogP contribution in [0.4, 0.5) is 5.69 Å². The van der Waals surface area contributed by atoms with Gasteiger partial charge in [-0.2, -0.15) is 10.5 Å². The lowest BCUT2D eigenvalue weighted by atomic mass is 10.0. The molecule has 1 aromatic rings. The molecule has 0 fully saturated rings. The predicted octanol–water partition coefficient (Wildman–Crippen LogP) is 1.35. The Hall–Kier alpha value is -2.73. The quantitative estimate of drug-likeness (QED) is 0.429. The summed E-state index contributed by atoms with van der Waals surface area (Å²) in [7, 11) is 0. The van der Waals surface area contributed by atoms with Gasteiger partial charge < -0.3 is 0 Å². The normalized spacial score (nSPS) is 8.88. The Bertz CT molecular complexity index is 537. The Morgan fingerprint density at radius 2 is 2.12 bits per heavy atom. The smallest absolute Gasteiger partial charge is 0.297 e. The highest BCUT2D eigenvalue weighted by atomic mass is 16.6. The van der Waals surface area contributed by atoms with Crippen molar-refractivity contribution in [1.29, 1.82) is 10.5 Å². The third-order valence-electron chi connectivity index (χ3n) is 2.00. The summed E-state index contributed by atoms with van der Waals surface area (Å²) in [6, 6.07) is 6.04. The van der Waals surface area contributed by atoms with Crippen LogP contribution in [0.5, 0.6) is 0 Å². The molecule has 0 aliphatic carbocycles. The lowest BCUT2D eigenvalue weighted by molar-refractivity contribution is -0.385. The molecule has 1 rings (SSSR count). The van der Waals surface area contributed by atoms with Crippen molar-refractivity contribution in [2.24, 2.45) is 0 Å². The summed E-state index contributed by atoms with van der Waals surface area (Å²) in [6.07, 6.45) is 0.187. The first-order valence-electron chi connectivity index (χ1n) is 4.18. The first-order valence-corrected chi connectivity index (χ1v) is 4.18. The van der Waals surface area contributed by atoms with Gasteiger partial charge in [0.15, 0.2) is 6.29 Å². The number of rotatable bonds is 3. The van der Waals surface area contributed by atoms with Gasteiger partial charge in [-0.1, -0.05) is 6.07 Å². The fraction of sp³-hybridized carbons (Fsp3) is 0.100. The Labute approximate surface area is 90.5 Å². The van der Waals surface area contributed by atoms with Gasteiger partial charge in [0.1, 0.15) is 11.6 Å². The van der Waals surface area contributed by atoms with E-state index in [0.717, 1.165) is 0 Å². The highest BCUT2D eigenvalue weighted by molar-refractivity contribution is 5.86. The van der Waals surface area contributed by atoms with Gasteiger partial charge in [0.2, 0.25) is 0 Å². The topological polar surface area (TPSA) is 108 Å². The summed E-state index contributed by atoms with van der Waals surface area (Å²) in [5, 5.41) is 27.9. The molecule has 0 aliphatic rings. The second kappa shape index (κ2) is 4.67. The number of hydrogen-bond acceptors (Lipinski definition) is 5. The largest absolute Gasteiger partial charge is 0.298 e. The summed E-state index contributed by atoms with van der Waals surface area (Å²) in [4.78, 5) is 20.7. The van der Waals surface area contributed by atoms with Gasteiger partial charge in [-0.05, 0) is 11.6 Å². The van der Waals surface area contributed by atoms with Gasteiger partial charge >= 0.3 is 0 Å². The molecule has 0 bridgehead atoms. The molecule has 0 amide bonds. The predicted molar refractivity (Wildman–Crippen MR) is 52.5 cm³/mol. The molecule has 6 nitrogen and oxygen atoms in total. The average molecular weight is 215 g/mol. The molecule has 0 heterocycles. The molecule has 16 heavy (non-hydrogen) atoms. The molecular formula is C10H5N3O3. The number of nitro benzene ring substituents is 1. The molecule has 0 aromatic heterocycles. The molecule has 0 aliphatic heterocycles. The van der Waals surface area contributed by atoms with E-state index in [1.807, 2.05) is 0 Å². The maximum absolute atomic E-state index is 10.8. The highest BCUT2D eigenvalue weighted by Gasteiger charge is 2.22. The van der Waals surface area contributed by atoms with Crippen molar-refractivity contribution in [3.05, 3.63) is 38.9 Å². The van der Waals surface area contributed by atoms with E-state index in [4.69, 9.17) is 10.5 Å². The van der Waals surface area contributed by atoms with Crippen LogP contribution in [0.25, 0.3) is 0 Å². The van der Waals surface area contributed by atoms with Crippen molar-refractivity contribution in [2.45, 2.75) is 6.42 Å². The second-order valence-electron chi connectivity index (χ2n) is 2.86. The summed E-state index contributed by atoms with van der Waals surface area (Å²) in [6.45, 7) is 0. The van der Waals surface area contributed by atoms with Crippen molar-refractivity contribution >= 4 is 12.0 Å². The summed E-state index contributed by atoms with van der Waals surface area (Å²) in [5.41, 5.74) is -0.673. The van der Waals surface area contributed by atoms with E-state index >= 15 is 0 Å². The van der Waals surface area contributed by atoms with Gasteiger partial charge in [-0.3, -0.25) is 14.9 Å². The fourth-order valence-corrected chi connectivity index (χ4v) is 1.31. The SMILES string of the molecule is N#CCc1ccc(C#N)c([N+](=O)[O-])c1C=O. The van der Waals surface area contributed by atoms with E-state index in [1.54, 1.807) is 12.1 Å². The van der Waals surface area contributed by atoms with Crippen molar-refractivity contribution in [3.8, 4) is 12.1 Å². The van der Waals surface area contributed by atoms with Crippen LogP contribution in [-0.2, 0) is 6.42 Å².